The van der Waals surface area contributed by atoms with Crippen LogP contribution in [0.15, 0.2) is 30.3 Å². The summed E-state index contributed by atoms with van der Waals surface area (Å²) in [6, 6.07) is 9.81. The third kappa shape index (κ3) is 2.94. The Morgan fingerprint density at radius 2 is 2.20 bits per heavy atom. The van der Waals surface area contributed by atoms with Gasteiger partial charge in [-0.05, 0) is 29.6 Å². The van der Waals surface area contributed by atoms with Crippen LogP contribution in [-0.2, 0) is 4.74 Å². The van der Waals surface area contributed by atoms with Gasteiger partial charge in [-0.25, -0.2) is 0 Å². The molecule has 1 aliphatic rings. The average Bonchev–Trinajstić information content (AvgIpc) is 2.95. The molecule has 0 radical (unpaired) electrons. The normalized spacial score (nSPS) is 19.9. The summed E-state index contributed by atoms with van der Waals surface area (Å²) in [5.41, 5.74) is 0.932. The zero-order chi connectivity index (χ0) is 13.8. The molecule has 1 saturated heterocycles. The zero-order valence-electron chi connectivity index (χ0n) is 11.4. The number of morpholine rings is 1. The first-order chi connectivity index (χ1) is 9.83. The van der Waals surface area contributed by atoms with Crippen LogP contribution in [0, 0.1) is 0 Å². The van der Waals surface area contributed by atoms with E-state index in [-0.39, 0.29) is 6.10 Å². The number of rotatable bonds is 4. The van der Waals surface area contributed by atoms with E-state index in [1.807, 2.05) is 30.3 Å². The highest BCUT2D eigenvalue weighted by Crippen LogP contribution is 2.11. The molecule has 1 unspecified atom stereocenters. The summed E-state index contributed by atoms with van der Waals surface area (Å²) in [4.78, 5) is 2.26. The Morgan fingerprint density at radius 1 is 1.35 bits per heavy atom. The number of hydrogen-bond donors (Lipinski definition) is 1. The number of anilines is 1. The molecule has 1 aliphatic heterocycles. The molecule has 106 valence electrons. The number of para-hydroxylation sites is 1. The molecule has 0 aliphatic carbocycles. The van der Waals surface area contributed by atoms with Crippen molar-refractivity contribution in [1.29, 1.82) is 0 Å². The van der Waals surface area contributed by atoms with Crippen LogP contribution in [0.5, 0.6) is 0 Å². The lowest BCUT2D eigenvalue weighted by molar-refractivity contribution is -0.0118. The summed E-state index contributed by atoms with van der Waals surface area (Å²) in [6.45, 7) is 3.36. The van der Waals surface area contributed by atoms with Crippen molar-refractivity contribution in [3.63, 3.8) is 0 Å². The minimum atomic E-state index is 0.162. The highest BCUT2D eigenvalue weighted by atomic mass is 16.5. The van der Waals surface area contributed by atoms with E-state index in [2.05, 4.69) is 32.8 Å². The van der Waals surface area contributed by atoms with Gasteiger partial charge in [0.15, 0.2) is 0 Å². The molecule has 1 N–H and O–H groups in total. The second-order valence-electron chi connectivity index (χ2n) is 4.89. The van der Waals surface area contributed by atoms with E-state index in [4.69, 9.17) is 4.74 Å². The molecule has 0 saturated carbocycles. The van der Waals surface area contributed by atoms with Crippen LogP contribution in [0.3, 0.4) is 0 Å². The predicted molar refractivity (Wildman–Crippen MR) is 74.9 cm³/mol. The van der Waals surface area contributed by atoms with Gasteiger partial charge in [0.2, 0.25) is 5.95 Å². The minimum Gasteiger partial charge on any atom is -0.374 e. The predicted octanol–water partition coefficient (Wildman–Crippen LogP) is 0.405. The smallest absolute Gasteiger partial charge is 0.247 e. The summed E-state index contributed by atoms with van der Waals surface area (Å²) in [7, 11) is 2.10. The first-order valence-electron chi connectivity index (χ1n) is 6.71. The Hall–Kier alpha value is -1.99. The van der Waals surface area contributed by atoms with Gasteiger partial charge in [-0.2, -0.15) is 4.68 Å². The Balaban J connectivity index is 1.65. The van der Waals surface area contributed by atoms with E-state index in [1.165, 1.54) is 0 Å². The van der Waals surface area contributed by atoms with Crippen LogP contribution in [0.25, 0.3) is 5.69 Å². The van der Waals surface area contributed by atoms with E-state index < -0.39 is 0 Å². The van der Waals surface area contributed by atoms with Crippen molar-refractivity contribution < 1.29 is 4.74 Å². The monoisotopic (exact) mass is 274 g/mol. The number of benzene rings is 1. The first-order valence-corrected chi connectivity index (χ1v) is 6.71. The van der Waals surface area contributed by atoms with E-state index in [0.717, 1.165) is 25.4 Å². The molecule has 1 fully saturated rings. The number of hydrogen-bond acceptors (Lipinski definition) is 6. The topological polar surface area (TPSA) is 68.1 Å². The lowest BCUT2D eigenvalue weighted by Gasteiger charge is -2.30. The van der Waals surface area contributed by atoms with E-state index >= 15 is 0 Å². The van der Waals surface area contributed by atoms with E-state index in [0.29, 0.717) is 12.5 Å². The molecule has 1 aromatic carbocycles. The molecule has 7 nitrogen and oxygen atoms in total. The third-order valence-electron chi connectivity index (χ3n) is 3.30. The molecule has 1 aromatic heterocycles. The highest BCUT2D eigenvalue weighted by Gasteiger charge is 2.18. The van der Waals surface area contributed by atoms with Crippen molar-refractivity contribution in [2.75, 3.05) is 38.6 Å². The number of ether oxygens (including phenoxy) is 1. The van der Waals surface area contributed by atoms with Crippen LogP contribution in [-0.4, -0.2) is 64.5 Å². The first kappa shape index (κ1) is 13.0. The van der Waals surface area contributed by atoms with Gasteiger partial charge in [0, 0.05) is 19.6 Å². The van der Waals surface area contributed by atoms with Crippen molar-refractivity contribution in [3.05, 3.63) is 30.3 Å². The zero-order valence-corrected chi connectivity index (χ0v) is 11.4. The summed E-state index contributed by atoms with van der Waals surface area (Å²) in [6.07, 6.45) is 0.162. The molecule has 3 rings (SSSR count). The average molecular weight is 274 g/mol. The SMILES string of the molecule is CN1CCOC(CNc2nnnn2-c2ccccc2)C1. The molecular formula is C13H18N6O. The maximum Gasteiger partial charge on any atom is 0.247 e. The molecular weight excluding hydrogens is 256 g/mol. The molecule has 7 heteroatoms. The van der Waals surface area contributed by atoms with Gasteiger partial charge in [0.25, 0.3) is 0 Å². The highest BCUT2D eigenvalue weighted by molar-refractivity contribution is 5.38. The second-order valence-corrected chi connectivity index (χ2v) is 4.89. The van der Waals surface area contributed by atoms with Crippen molar-refractivity contribution in [2.24, 2.45) is 0 Å². The van der Waals surface area contributed by atoms with Gasteiger partial charge >= 0.3 is 0 Å². The van der Waals surface area contributed by atoms with Gasteiger partial charge < -0.3 is 15.0 Å². The summed E-state index contributed by atoms with van der Waals surface area (Å²) < 4.78 is 7.40. The second kappa shape index (κ2) is 5.98. The van der Waals surface area contributed by atoms with Gasteiger partial charge in [-0.1, -0.05) is 23.3 Å². The van der Waals surface area contributed by atoms with Gasteiger partial charge in [-0.15, -0.1) is 0 Å². The largest absolute Gasteiger partial charge is 0.374 e. The minimum absolute atomic E-state index is 0.162. The molecule has 20 heavy (non-hydrogen) atoms. The van der Waals surface area contributed by atoms with Crippen LogP contribution in [0.1, 0.15) is 0 Å². The van der Waals surface area contributed by atoms with Crippen molar-refractivity contribution >= 4 is 5.95 Å². The van der Waals surface area contributed by atoms with Gasteiger partial charge in [0.1, 0.15) is 0 Å². The fraction of sp³-hybridized carbons (Fsp3) is 0.462. The Kier molecular flexibility index (Phi) is 3.89. The van der Waals surface area contributed by atoms with Crippen LogP contribution < -0.4 is 5.32 Å². The lowest BCUT2D eigenvalue weighted by Crippen LogP contribution is -2.43. The number of nitrogens with zero attached hydrogens (tertiary/aromatic N) is 5. The lowest BCUT2D eigenvalue weighted by atomic mass is 10.3. The molecule has 0 amide bonds. The van der Waals surface area contributed by atoms with Crippen molar-refractivity contribution in [1.82, 2.24) is 25.1 Å². The Bertz CT molecular complexity index is 543. The van der Waals surface area contributed by atoms with Crippen molar-refractivity contribution in [3.8, 4) is 5.69 Å². The van der Waals surface area contributed by atoms with Crippen molar-refractivity contribution in [2.45, 2.75) is 6.10 Å². The molecule has 0 spiro atoms. The standard InChI is InChI=1S/C13H18N6O/c1-18-7-8-20-12(10-18)9-14-13-15-16-17-19(13)11-5-3-2-4-6-11/h2-6,12H,7-10H2,1H3,(H,14,15,17). The number of likely N-dealkylation sites (N-methyl/N-ethyl adjacent to an activating group) is 1. The van der Waals surface area contributed by atoms with Crippen LogP contribution in [0.4, 0.5) is 5.95 Å². The van der Waals surface area contributed by atoms with Gasteiger partial charge in [-0.3, -0.25) is 0 Å². The summed E-state index contributed by atoms with van der Waals surface area (Å²) >= 11 is 0. The van der Waals surface area contributed by atoms with Crippen LogP contribution in [0.2, 0.25) is 0 Å². The van der Waals surface area contributed by atoms with E-state index in [1.54, 1.807) is 4.68 Å². The van der Waals surface area contributed by atoms with Gasteiger partial charge in [0.05, 0.1) is 18.4 Å². The number of aromatic nitrogens is 4. The summed E-state index contributed by atoms with van der Waals surface area (Å²) in [5, 5.41) is 15.0. The summed E-state index contributed by atoms with van der Waals surface area (Å²) in [5.74, 6) is 0.632. The maximum atomic E-state index is 5.71. The fourth-order valence-electron chi connectivity index (χ4n) is 2.24. The molecule has 0 bridgehead atoms. The number of nitrogens with one attached hydrogen (secondary N) is 1. The fourth-order valence-corrected chi connectivity index (χ4v) is 2.24. The molecule has 1 atom stereocenters. The Morgan fingerprint density at radius 3 is 3.00 bits per heavy atom. The molecule has 2 heterocycles. The third-order valence-corrected chi connectivity index (χ3v) is 3.30. The maximum absolute atomic E-state index is 5.71. The Labute approximate surface area is 117 Å². The molecule has 2 aromatic rings. The quantitative estimate of drug-likeness (QED) is 0.870. The number of tetrazole rings is 1. The van der Waals surface area contributed by atoms with Crippen LogP contribution >= 0.6 is 0 Å². The van der Waals surface area contributed by atoms with E-state index in [9.17, 15) is 0 Å².